The number of ether oxygens (including phenoxy) is 2. The molecule has 0 bridgehead atoms. The van der Waals surface area contributed by atoms with E-state index in [-0.39, 0.29) is 22.9 Å². The van der Waals surface area contributed by atoms with E-state index in [1.54, 1.807) is 0 Å². The number of methoxy groups -OCH3 is 1. The Hall–Kier alpha value is -0.710. The van der Waals surface area contributed by atoms with E-state index in [2.05, 4.69) is 6.92 Å². The van der Waals surface area contributed by atoms with Crippen molar-refractivity contribution in [1.82, 2.24) is 0 Å². The monoisotopic (exact) mass is 276 g/mol. The minimum Gasteiger partial charge on any atom is -0.468 e. The van der Waals surface area contributed by atoms with Crippen molar-refractivity contribution >= 4 is 23.7 Å². The van der Waals surface area contributed by atoms with Gasteiger partial charge in [0.15, 0.2) is 0 Å². The zero-order valence-electron chi connectivity index (χ0n) is 11.9. The van der Waals surface area contributed by atoms with Crippen molar-refractivity contribution < 1.29 is 19.1 Å². The van der Waals surface area contributed by atoms with Crippen molar-refractivity contribution in [2.24, 2.45) is 0 Å². The Labute approximate surface area is 114 Å². The molecule has 1 atom stereocenters. The molecule has 0 fully saturated rings. The number of rotatable bonds is 7. The van der Waals surface area contributed by atoms with Crippen LogP contribution in [0.4, 0.5) is 0 Å². The molecule has 0 N–H and O–H groups in total. The Kier molecular flexibility index (Phi) is 8.07. The molecule has 0 aromatic heterocycles. The first-order chi connectivity index (χ1) is 8.30. The molecule has 0 amide bonds. The zero-order chi connectivity index (χ0) is 14.2. The standard InChI is InChI=1S/C13H24O4S/c1-6-7-8-10(12(15)16-5)18-9-11(14)17-13(2,3)4/h10H,6-9H2,1-5H3. The quantitative estimate of drug-likeness (QED) is 0.669. The van der Waals surface area contributed by atoms with Gasteiger partial charge in [0.25, 0.3) is 0 Å². The Bertz CT molecular complexity index is 271. The molecule has 0 spiro atoms. The molecule has 0 radical (unpaired) electrons. The topological polar surface area (TPSA) is 52.6 Å². The van der Waals surface area contributed by atoms with Crippen molar-refractivity contribution in [1.29, 1.82) is 0 Å². The molecule has 4 nitrogen and oxygen atoms in total. The number of hydrogen-bond donors (Lipinski definition) is 0. The minimum atomic E-state index is -0.484. The highest BCUT2D eigenvalue weighted by Crippen LogP contribution is 2.20. The Balaban J connectivity index is 4.17. The second-order valence-corrected chi connectivity index (χ2v) is 6.24. The van der Waals surface area contributed by atoms with Crippen molar-refractivity contribution in [3.63, 3.8) is 0 Å². The molecular formula is C13H24O4S. The molecule has 5 heteroatoms. The number of thioether (sulfide) groups is 1. The second-order valence-electron chi connectivity index (χ2n) is 5.05. The highest BCUT2D eigenvalue weighted by atomic mass is 32.2. The van der Waals surface area contributed by atoms with Crippen LogP contribution < -0.4 is 0 Å². The normalized spacial score (nSPS) is 12.9. The van der Waals surface area contributed by atoms with Crippen LogP contribution in [0.2, 0.25) is 0 Å². The molecule has 18 heavy (non-hydrogen) atoms. The van der Waals surface area contributed by atoms with Gasteiger partial charge in [-0.2, -0.15) is 0 Å². The lowest BCUT2D eigenvalue weighted by Crippen LogP contribution is -2.27. The summed E-state index contributed by atoms with van der Waals surface area (Å²) in [7, 11) is 1.37. The van der Waals surface area contributed by atoms with Gasteiger partial charge in [-0.05, 0) is 27.2 Å². The first-order valence-electron chi connectivity index (χ1n) is 6.21. The Morgan fingerprint density at radius 1 is 1.28 bits per heavy atom. The van der Waals surface area contributed by atoms with Gasteiger partial charge in [-0.1, -0.05) is 19.8 Å². The number of carbonyl (C=O) groups excluding carboxylic acids is 2. The highest BCUT2D eigenvalue weighted by Gasteiger charge is 2.22. The smallest absolute Gasteiger partial charge is 0.318 e. The van der Waals surface area contributed by atoms with E-state index in [1.165, 1.54) is 18.9 Å². The molecule has 0 aliphatic heterocycles. The lowest BCUT2D eigenvalue weighted by atomic mass is 10.2. The molecule has 0 saturated heterocycles. The van der Waals surface area contributed by atoms with Crippen molar-refractivity contribution in [3.8, 4) is 0 Å². The van der Waals surface area contributed by atoms with Gasteiger partial charge >= 0.3 is 11.9 Å². The van der Waals surface area contributed by atoms with Gasteiger partial charge in [0.05, 0.1) is 12.9 Å². The second kappa shape index (κ2) is 8.40. The average Bonchev–Trinajstić information content (AvgIpc) is 2.26. The van der Waals surface area contributed by atoms with E-state index in [0.717, 1.165) is 19.3 Å². The predicted octanol–water partition coefficient (Wildman–Crippen LogP) is 2.79. The number of unbranched alkanes of at least 4 members (excludes halogenated alkanes) is 1. The fourth-order valence-electron chi connectivity index (χ4n) is 1.33. The van der Waals surface area contributed by atoms with Crippen molar-refractivity contribution in [2.75, 3.05) is 12.9 Å². The van der Waals surface area contributed by atoms with E-state index >= 15 is 0 Å². The summed E-state index contributed by atoms with van der Waals surface area (Å²) in [5, 5.41) is -0.275. The molecule has 0 heterocycles. The van der Waals surface area contributed by atoms with Gasteiger partial charge in [-0.25, -0.2) is 0 Å². The van der Waals surface area contributed by atoms with E-state index < -0.39 is 5.60 Å². The molecular weight excluding hydrogens is 252 g/mol. The van der Waals surface area contributed by atoms with Gasteiger partial charge in [0.1, 0.15) is 10.9 Å². The molecule has 0 aromatic carbocycles. The van der Waals surface area contributed by atoms with Crippen LogP contribution in [0.1, 0.15) is 47.0 Å². The van der Waals surface area contributed by atoms with Gasteiger partial charge in [0, 0.05) is 0 Å². The lowest BCUT2D eigenvalue weighted by molar-refractivity contribution is -0.151. The maximum Gasteiger partial charge on any atom is 0.318 e. The first kappa shape index (κ1) is 17.3. The van der Waals surface area contributed by atoms with Crippen LogP contribution in [0.25, 0.3) is 0 Å². The van der Waals surface area contributed by atoms with E-state index in [9.17, 15) is 9.59 Å². The molecule has 0 saturated carbocycles. The third kappa shape index (κ3) is 8.39. The number of hydrogen-bond acceptors (Lipinski definition) is 5. The van der Waals surface area contributed by atoms with E-state index in [4.69, 9.17) is 9.47 Å². The van der Waals surface area contributed by atoms with Crippen LogP contribution in [0.5, 0.6) is 0 Å². The maximum atomic E-state index is 11.6. The third-order valence-electron chi connectivity index (χ3n) is 2.11. The minimum absolute atomic E-state index is 0.181. The van der Waals surface area contributed by atoms with E-state index in [1.807, 2.05) is 20.8 Å². The molecule has 0 aliphatic rings. The van der Waals surface area contributed by atoms with Crippen molar-refractivity contribution in [2.45, 2.75) is 57.8 Å². The first-order valence-corrected chi connectivity index (χ1v) is 7.26. The summed E-state index contributed by atoms with van der Waals surface area (Å²) in [5.41, 5.74) is -0.484. The summed E-state index contributed by atoms with van der Waals surface area (Å²) >= 11 is 1.29. The third-order valence-corrected chi connectivity index (χ3v) is 3.34. The van der Waals surface area contributed by atoms with Crippen LogP contribution >= 0.6 is 11.8 Å². The molecule has 0 aromatic rings. The molecule has 0 aliphatic carbocycles. The number of esters is 2. The SMILES string of the molecule is CCCCC(SCC(=O)OC(C)(C)C)C(=O)OC. The maximum absolute atomic E-state index is 11.6. The fourth-order valence-corrected chi connectivity index (χ4v) is 2.29. The van der Waals surface area contributed by atoms with Crippen molar-refractivity contribution in [3.05, 3.63) is 0 Å². The van der Waals surface area contributed by atoms with Gasteiger partial charge in [0.2, 0.25) is 0 Å². The average molecular weight is 276 g/mol. The van der Waals surface area contributed by atoms with Crippen LogP contribution in [0.3, 0.4) is 0 Å². The zero-order valence-corrected chi connectivity index (χ0v) is 12.8. The van der Waals surface area contributed by atoms with Crippen LogP contribution in [0, 0.1) is 0 Å². The summed E-state index contributed by atoms with van der Waals surface area (Å²) in [4.78, 5) is 23.1. The highest BCUT2D eigenvalue weighted by molar-refractivity contribution is 8.01. The number of carbonyl (C=O) groups is 2. The van der Waals surface area contributed by atoms with Gasteiger partial charge < -0.3 is 9.47 Å². The Morgan fingerprint density at radius 2 is 1.89 bits per heavy atom. The van der Waals surface area contributed by atoms with Gasteiger partial charge in [-0.15, -0.1) is 11.8 Å². The predicted molar refractivity (Wildman–Crippen MR) is 73.6 cm³/mol. The van der Waals surface area contributed by atoms with Crippen LogP contribution in [-0.2, 0) is 19.1 Å². The summed E-state index contributed by atoms with van der Waals surface area (Å²) in [5.74, 6) is -0.379. The summed E-state index contributed by atoms with van der Waals surface area (Å²) < 4.78 is 9.92. The molecule has 106 valence electrons. The van der Waals surface area contributed by atoms with Crippen LogP contribution in [-0.4, -0.2) is 35.7 Å². The summed E-state index contributed by atoms with van der Waals surface area (Å²) in [6.07, 6.45) is 2.69. The van der Waals surface area contributed by atoms with Crippen LogP contribution in [0.15, 0.2) is 0 Å². The van der Waals surface area contributed by atoms with E-state index in [0.29, 0.717) is 0 Å². The summed E-state index contributed by atoms with van der Waals surface area (Å²) in [6, 6.07) is 0. The Morgan fingerprint density at radius 3 is 2.33 bits per heavy atom. The molecule has 0 rings (SSSR count). The fraction of sp³-hybridized carbons (Fsp3) is 0.846. The lowest BCUT2D eigenvalue weighted by Gasteiger charge is -2.20. The van der Waals surface area contributed by atoms with Gasteiger partial charge in [-0.3, -0.25) is 9.59 Å². The summed E-state index contributed by atoms with van der Waals surface area (Å²) in [6.45, 7) is 7.53. The molecule has 1 unspecified atom stereocenters. The largest absolute Gasteiger partial charge is 0.468 e.